The predicted molar refractivity (Wildman–Crippen MR) is 108 cm³/mol. The van der Waals surface area contributed by atoms with Crippen molar-refractivity contribution in [3.63, 3.8) is 0 Å². The maximum atomic E-state index is 10.9. The van der Waals surface area contributed by atoms with E-state index in [2.05, 4.69) is 41.8 Å². The summed E-state index contributed by atoms with van der Waals surface area (Å²) in [6.45, 7) is 8.23. The number of aldehydes is 1. The molecule has 0 aromatic heterocycles. The van der Waals surface area contributed by atoms with Crippen LogP contribution in [-0.4, -0.2) is 51.6 Å². The Balaban J connectivity index is 1.67. The van der Waals surface area contributed by atoms with Crippen molar-refractivity contribution in [3.8, 4) is 11.5 Å². The van der Waals surface area contributed by atoms with Crippen LogP contribution in [-0.2, 0) is 0 Å². The fraction of sp³-hybridized carbons (Fsp3) is 0.409. The maximum absolute atomic E-state index is 10.9. The Bertz CT molecular complexity index is 798. The third-order valence-corrected chi connectivity index (χ3v) is 5.45. The monoisotopic (exact) mass is 368 g/mol. The fourth-order valence-corrected chi connectivity index (χ4v) is 3.78. The van der Waals surface area contributed by atoms with Gasteiger partial charge in [-0.15, -0.1) is 0 Å². The van der Waals surface area contributed by atoms with E-state index in [0.29, 0.717) is 6.04 Å². The standard InChI is InChI=1S/C22H28N2O3/c1-16-13-18(15-25)5-7-20(16)24-11-9-23(10-12-24)17(2)19-6-8-21(26-3)22(14-19)27-4/h5-8,13-15,17H,9-12H2,1-4H3/t17-/m1/s1. The van der Waals surface area contributed by atoms with Crippen molar-refractivity contribution >= 4 is 12.0 Å². The Hall–Kier alpha value is -2.53. The molecule has 0 bridgehead atoms. The summed E-state index contributed by atoms with van der Waals surface area (Å²) in [5, 5.41) is 0. The first-order valence-electron chi connectivity index (χ1n) is 9.34. The summed E-state index contributed by atoms with van der Waals surface area (Å²) in [7, 11) is 3.33. The third-order valence-electron chi connectivity index (χ3n) is 5.45. The summed E-state index contributed by atoms with van der Waals surface area (Å²) in [6.07, 6.45) is 0.902. The molecular formula is C22H28N2O3. The van der Waals surface area contributed by atoms with E-state index in [1.54, 1.807) is 14.2 Å². The number of piperazine rings is 1. The minimum Gasteiger partial charge on any atom is -0.493 e. The molecule has 27 heavy (non-hydrogen) atoms. The normalized spacial score (nSPS) is 16.1. The molecule has 1 atom stereocenters. The Morgan fingerprint density at radius 2 is 1.67 bits per heavy atom. The van der Waals surface area contributed by atoms with Crippen LogP contribution in [0.3, 0.4) is 0 Å². The second-order valence-corrected chi connectivity index (χ2v) is 6.98. The fourth-order valence-electron chi connectivity index (χ4n) is 3.78. The van der Waals surface area contributed by atoms with Crippen molar-refractivity contribution in [2.75, 3.05) is 45.3 Å². The summed E-state index contributed by atoms with van der Waals surface area (Å²) in [6, 6.07) is 12.4. The van der Waals surface area contributed by atoms with Gasteiger partial charge in [0.05, 0.1) is 14.2 Å². The molecule has 0 saturated carbocycles. The molecule has 2 aromatic rings. The number of ether oxygens (including phenoxy) is 2. The van der Waals surface area contributed by atoms with Gasteiger partial charge in [-0.3, -0.25) is 9.69 Å². The predicted octanol–water partition coefficient (Wildman–Crippen LogP) is 3.71. The molecule has 1 fully saturated rings. The lowest BCUT2D eigenvalue weighted by Gasteiger charge is -2.40. The number of anilines is 1. The molecule has 144 valence electrons. The SMILES string of the molecule is COc1ccc([C@@H](C)N2CCN(c3ccc(C=O)cc3C)CC2)cc1OC. The van der Waals surface area contributed by atoms with Crippen molar-refractivity contribution < 1.29 is 14.3 Å². The van der Waals surface area contributed by atoms with E-state index >= 15 is 0 Å². The van der Waals surface area contributed by atoms with Gasteiger partial charge in [-0.1, -0.05) is 6.07 Å². The first-order chi connectivity index (χ1) is 13.1. The van der Waals surface area contributed by atoms with Crippen LogP contribution in [0.1, 0.15) is 34.5 Å². The lowest BCUT2D eigenvalue weighted by molar-refractivity contribution is 0.112. The summed E-state index contributed by atoms with van der Waals surface area (Å²) in [5.74, 6) is 1.53. The molecule has 5 nitrogen and oxygen atoms in total. The van der Waals surface area contributed by atoms with E-state index in [1.165, 1.54) is 11.3 Å². The van der Waals surface area contributed by atoms with Crippen molar-refractivity contribution in [3.05, 3.63) is 53.1 Å². The Morgan fingerprint density at radius 3 is 2.26 bits per heavy atom. The van der Waals surface area contributed by atoms with Gasteiger partial charge in [0.15, 0.2) is 11.5 Å². The molecule has 0 aliphatic carbocycles. The van der Waals surface area contributed by atoms with Crippen molar-refractivity contribution in [2.24, 2.45) is 0 Å². The molecule has 0 spiro atoms. The van der Waals surface area contributed by atoms with E-state index in [4.69, 9.17) is 9.47 Å². The van der Waals surface area contributed by atoms with Gasteiger partial charge in [0.1, 0.15) is 6.29 Å². The highest BCUT2D eigenvalue weighted by molar-refractivity contribution is 5.77. The van der Waals surface area contributed by atoms with Crippen LogP contribution in [0.4, 0.5) is 5.69 Å². The van der Waals surface area contributed by atoms with Crippen LogP contribution in [0.5, 0.6) is 11.5 Å². The highest BCUT2D eigenvalue weighted by Gasteiger charge is 2.23. The minimum atomic E-state index is 0.311. The van der Waals surface area contributed by atoms with Gasteiger partial charge in [0.2, 0.25) is 0 Å². The Morgan fingerprint density at radius 1 is 0.963 bits per heavy atom. The molecule has 0 unspecified atom stereocenters. The number of nitrogens with zero attached hydrogens (tertiary/aromatic N) is 2. The number of benzene rings is 2. The zero-order valence-electron chi connectivity index (χ0n) is 16.6. The summed E-state index contributed by atoms with van der Waals surface area (Å²) < 4.78 is 10.8. The summed E-state index contributed by atoms with van der Waals surface area (Å²) in [4.78, 5) is 15.8. The van der Waals surface area contributed by atoms with Crippen LogP contribution in [0.15, 0.2) is 36.4 Å². The molecule has 1 saturated heterocycles. The van der Waals surface area contributed by atoms with Crippen LogP contribution in [0, 0.1) is 6.92 Å². The van der Waals surface area contributed by atoms with E-state index < -0.39 is 0 Å². The molecule has 5 heteroatoms. The zero-order valence-corrected chi connectivity index (χ0v) is 16.6. The van der Waals surface area contributed by atoms with Gasteiger partial charge in [-0.05, 0) is 55.3 Å². The number of aryl methyl sites for hydroxylation is 1. The lowest BCUT2D eigenvalue weighted by Crippen LogP contribution is -2.47. The Kier molecular flexibility index (Phi) is 6.01. The van der Waals surface area contributed by atoms with E-state index in [0.717, 1.165) is 55.1 Å². The molecule has 0 N–H and O–H groups in total. The van der Waals surface area contributed by atoms with Crippen molar-refractivity contribution in [1.82, 2.24) is 4.90 Å². The molecule has 0 amide bonds. The van der Waals surface area contributed by atoms with Gasteiger partial charge >= 0.3 is 0 Å². The number of carbonyl (C=O) groups excluding carboxylic acids is 1. The van der Waals surface area contributed by atoms with Gasteiger partial charge in [-0.2, -0.15) is 0 Å². The summed E-state index contributed by atoms with van der Waals surface area (Å²) in [5.41, 5.74) is 4.34. The lowest BCUT2D eigenvalue weighted by atomic mass is 10.0. The smallest absolute Gasteiger partial charge is 0.161 e. The number of methoxy groups -OCH3 is 2. The highest BCUT2D eigenvalue weighted by Crippen LogP contribution is 2.32. The van der Waals surface area contributed by atoms with Crippen LogP contribution >= 0.6 is 0 Å². The largest absolute Gasteiger partial charge is 0.493 e. The number of carbonyl (C=O) groups is 1. The van der Waals surface area contributed by atoms with E-state index in [-0.39, 0.29) is 0 Å². The van der Waals surface area contributed by atoms with Gasteiger partial charge in [-0.25, -0.2) is 0 Å². The number of rotatable bonds is 6. The second kappa shape index (κ2) is 8.44. The molecule has 3 rings (SSSR count). The first kappa shape index (κ1) is 19.2. The van der Waals surface area contributed by atoms with Crippen molar-refractivity contribution in [1.29, 1.82) is 0 Å². The minimum absolute atomic E-state index is 0.311. The molecular weight excluding hydrogens is 340 g/mol. The first-order valence-corrected chi connectivity index (χ1v) is 9.34. The maximum Gasteiger partial charge on any atom is 0.161 e. The van der Waals surface area contributed by atoms with Gasteiger partial charge in [0, 0.05) is 43.5 Å². The number of hydrogen-bond donors (Lipinski definition) is 0. The summed E-state index contributed by atoms with van der Waals surface area (Å²) >= 11 is 0. The highest BCUT2D eigenvalue weighted by atomic mass is 16.5. The molecule has 0 radical (unpaired) electrons. The van der Waals surface area contributed by atoms with Gasteiger partial charge in [0.25, 0.3) is 0 Å². The average Bonchev–Trinajstić information content (AvgIpc) is 2.72. The van der Waals surface area contributed by atoms with E-state index in [1.807, 2.05) is 18.2 Å². The number of hydrogen-bond acceptors (Lipinski definition) is 5. The van der Waals surface area contributed by atoms with Crippen LogP contribution in [0.25, 0.3) is 0 Å². The quantitative estimate of drug-likeness (QED) is 0.727. The van der Waals surface area contributed by atoms with Gasteiger partial charge < -0.3 is 14.4 Å². The van der Waals surface area contributed by atoms with E-state index in [9.17, 15) is 4.79 Å². The molecule has 2 aromatic carbocycles. The second-order valence-electron chi connectivity index (χ2n) is 6.98. The third kappa shape index (κ3) is 4.08. The van der Waals surface area contributed by atoms with Crippen LogP contribution < -0.4 is 14.4 Å². The average molecular weight is 368 g/mol. The molecule has 1 aliphatic rings. The topological polar surface area (TPSA) is 42.0 Å². The molecule has 1 heterocycles. The molecule has 1 aliphatic heterocycles. The van der Waals surface area contributed by atoms with Crippen LogP contribution in [0.2, 0.25) is 0 Å². The van der Waals surface area contributed by atoms with Crippen molar-refractivity contribution in [2.45, 2.75) is 19.9 Å². The zero-order chi connectivity index (χ0) is 19.4. The Labute approximate surface area is 161 Å².